The molecule has 3 atom stereocenters. The molecule has 0 bridgehead atoms. The number of aliphatic hydroxyl groups is 1. The first kappa shape index (κ1) is 12.0. The van der Waals surface area contributed by atoms with Gasteiger partial charge in [-0.1, -0.05) is 13.8 Å². The fraction of sp³-hybridized carbons (Fsp3) is 1.00. The van der Waals surface area contributed by atoms with Gasteiger partial charge in [-0.2, -0.15) is 0 Å². The Kier molecular flexibility index (Phi) is 4.85. The van der Waals surface area contributed by atoms with E-state index >= 15 is 0 Å². The van der Waals surface area contributed by atoms with Crippen LogP contribution in [-0.4, -0.2) is 42.3 Å². The molecule has 1 rings (SSSR count). The Bertz CT molecular complexity index is 163. The summed E-state index contributed by atoms with van der Waals surface area (Å²) in [5.74, 6) is 1.64. The minimum atomic E-state index is -0.315. The zero-order chi connectivity index (χ0) is 10.6. The van der Waals surface area contributed by atoms with Crippen molar-refractivity contribution in [1.82, 2.24) is 4.90 Å². The number of aliphatic hydroxyl groups excluding tert-OH is 1. The summed E-state index contributed by atoms with van der Waals surface area (Å²) in [6.07, 6.45) is 1.79. The molecule has 0 aromatic carbocycles. The topological polar surface area (TPSA) is 49.5 Å². The first-order valence-electron chi connectivity index (χ1n) is 5.74. The van der Waals surface area contributed by atoms with E-state index in [-0.39, 0.29) is 6.10 Å². The fourth-order valence-corrected chi connectivity index (χ4v) is 2.00. The van der Waals surface area contributed by atoms with Crippen LogP contribution in [-0.2, 0) is 0 Å². The standard InChI is InChI=1S/C11H24N2O/c1-9-3-5-13(8-10(9)2)6-4-11(14)7-12/h9-11,14H,3-8,12H2,1-2H3. The molecule has 3 N–H and O–H groups in total. The highest BCUT2D eigenvalue weighted by atomic mass is 16.3. The van der Waals surface area contributed by atoms with Crippen molar-refractivity contribution < 1.29 is 5.11 Å². The molecule has 1 aliphatic rings. The third kappa shape index (κ3) is 3.56. The molecule has 0 spiro atoms. The number of likely N-dealkylation sites (tertiary alicyclic amines) is 1. The second kappa shape index (κ2) is 5.69. The first-order chi connectivity index (χ1) is 6.63. The lowest BCUT2D eigenvalue weighted by Crippen LogP contribution is -2.40. The van der Waals surface area contributed by atoms with Crippen molar-refractivity contribution in [3.05, 3.63) is 0 Å². The summed E-state index contributed by atoms with van der Waals surface area (Å²) in [6, 6.07) is 0. The van der Waals surface area contributed by atoms with Crippen LogP contribution < -0.4 is 5.73 Å². The maximum absolute atomic E-state index is 9.35. The minimum Gasteiger partial charge on any atom is -0.392 e. The lowest BCUT2D eigenvalue weighted by Gasteiger charge is -2.35. The summed E-state index contributed by atoms with van der Waals surface area (Å²) < 4.78 is 0. The van der Waals surface area contributed by atoms with Crippen molar-refractivity contribution in [3.8, 4) is 0 Å². The third-order valence-electron chi connectivity index (χ3n) is 3.47. The number of nitrogens with two attached hydrogens (primary N) is 1. The molecule has 14 heavy (non-hydrogen) atoms. The average molecular weight is 200 g/mol. The minimum absolute atomic E-state index is 0.315. The molecule has 0 saturated carbocycles. The van der Waals surface area contributed by atoms with Gasteiger partial charge in [-0.05, 0) is 31.2 Å². The SMILES string of the molecule is CC1CCN(CCC(O)CN)CC1C. The zero-order valence-electron chi connectivity index (χ0n) is 9.45. The van der Waals surface area contributed by atoms with Crippen LogP contribution in [0.5, 0.6) is 0 Å². The second-order valence-corrected chi connectivity index (χ2v) is 4.72. The Morgan fingerprint density at radius 2 is 2.14 bits per heavy atom. The van der Waals surface area contributed by atoms with E-state index in [1.807, 2.05) is 0 Å². The third-order valence-corrected chi connectivity index (χ3v) is 3.47. The Balaban J connectivity index is 2.20. The second-order valence-electron chi connectivity index (χ2n) is 4.72. The van der Waals surface area contributed by atoms with E-state index in [9.17, 15) is 5.11 Å². The number of rotatable bonds is 4. The molecule has 0 radical (unpaired) electrons. The van der Waals surface area contributed by atoms with Crippen molar-refractivity contribution >= 4 is 0 Å². The summed E-state index contributed by atoms with van der Waals surface area (Å²) in [5.41, 5.74) is 5.37. The summed E-state index contributed by atoms with van der Waals surface area (Å²) in [6.45, 7) is 8.39. The molecule has 3 unspecified atom stereocenters. The number of hydrogen-bond donors (Lipinski definition) is 2. The highest BCUT2D eigenvalue weighted by molar-refractivity contribution is 4.75. The summed E-state index contributed by atoms with van der Waals surface area (Å²) in [7, 11) is 0. The molecule has 3 nitrogen and oxygen atoms in total. The van der Waals surface area contributed by atoms with Gasteiger partial charge in [0.2, 0.25) is 0 Å². The van der Waals surface area contributed by atoms with Gasteiger partial charge in [0.05, 0.1) is 6.10 Å². The zero-order valence-corrected chi connectivity index (χ0v) is 9.45. The fourth-order valence-electron chi connectivity index (χ4n) is 2.00. The van der Waals surface area contributed by atoms with E-state index in [1.165, 1.54) is 19.5 Å². The molecule has 0 aromatic heterocycles. The predicted octanol–water partition coefficient (Wildman–Crippen LogP) is 0.674. The lowest BCUT2D eigenvalue weighted by atomic mass is 9.88. The molecule has 0 amide bonds. The Labute approximate surface area is 87.3 Å². The maximum atomic E-state index is 9.35. The van der Waals surface area contributed by atoms with Crippen LogP contribution in [0.15, 0.2) is 0 Å². The first-order valence-corrected chi connectivity index (χ1v) is 5.74. The van der Waals surface area contributed by atoms with Crippen LogP contribution in [0.4, 0.5) is 0 Å². The number of piperidine rings is 1. The van der Waals surface area contributed by atoms with E-state index in [4.69, 9.17) is 5.73 Å². The normalized spacial score (nSPS) is 31.7. The van der Waals surface area contributed by atoms with E-state index < -0.39 is 0 Å². The van der Waals surface area contributed by atoms with Crippen LogP contribution in [0.25, 0.3) is 0 Å². The highest BCUT2D eigenvalue weighted by Gasteiger charge is 2.22. The molecule has 84 valence electrons. The molecule has 1 fully saturated rings. The van der Waals surface area contributed by atoms with Gasteiger partial charge in [0.15, 0.2) is 0 Å². The summed E-state index contributed by atoms with van der Waals surface area (Å²) >= 11 is 0. The van der Waals surface area contributed by atoms with E-state index in [2.05, 4.69) is 18.7 Å². The molecule has 3 heteroatoms. The molecule has 0 aliphatic carbocycles. The van der Waals surface area contributed by atoms with Gasteiger partial charge >= 0.3 is 0 Å². The Hall–Kier alpha value is -0.120. The smallest absolute Gasteiger partial charge is 0.0674 e. The van der Waals surface area contributed by atoms with Gasteiger partial charge in [-0.25, -0.2) is 0 Å². The van der Waals surface area contributed by atoms with E-state index in [0.717, 1.165) is 24.8 Å². The molecule has 1 saturated heterocycles. The maximum Gasteiger partial charge on any atom is 0.0674 e. The highest BCUT2D eigenvalue weighted by Crippen LogP contribution is 2.22. The number of nitrogens with zero attached hydrogens (tertiary/aromatic N) is 1. The van der Waals surface area contributed by atoms with E-state index in [1.54, 1.807) is 0 Å². The molecule has 1 aliphatic heterocycles. The van der Waals surface area contributed by atoms with Crippen molar-refractivity contribution in [2.24, 2.45) is 17.6 Å². The summed E-state index contributed by atoms with van der Waals surface area (Å²) in [4.78, 5) is 2.45. The van der Waals surface area contributed by atoms with Gasteiger partial charge in [-0.15, -0.1) is 0 Å². The van der Waals surface area contributed by atoms with Gasteiger partial charge < -0.3 is 15.7 Å². The summed E-state index contributed by atoms with van der Waals surface area (Å²) in [5, 5.41) is 9.35. The van der Waals surface area contributed by atoms with Crippen LogP contribution in [0.2, 0.25) is 0 Å². The lowest BCUT2D eigenvalue weighted by molar-refractivity contribution is 0.106. The van der Waals surface area contributed by atoms with Crippen molar-refractivity contribution in [3.63, 3.8) is 0 Å². The van der Waals surface area contributed by atoms with Crippen molar-refractivity contribution in [2.75, 3.05) is 26.2 Å². The van der Waals surface area contributed by atoms with Crippen LogP contribution >= 0.6 is 0 Å². The molecule has 0 aromatic rings. The average Bonchev–Trinajstić information content (AvgIpc) is 2.19. The van der Waals surface area contributed by atoms with Crippen molar-refractivity contribution in [1.29, 1.82) is 0 Å². The van der Waals surface area contributed by atoms with E-state index in [0.29, 0.717) is 6.54 Å². The van der Waals surface area contributed by atoms with Crippen LogP contribution in [0.1, 0.15) is 26.7 Å². The van der Waals surface area contributed by atoms with Gasteiger partial charge in [0.1, 0.15) is 0 Å². The van der Waals surface area contributed by atoms with Gasteiger partial charge in [-0.3, -0.25) is 0 Å². The van der Waals surface area contributed by atoms with Crippen LogP contribution in [0.3, 0.4) is 0 Å². The Morgan fingerprint density at radius 1 is 1.43 bits per heavy atom. The van der Waals surface area contributed by atoms with Crippen LogP contribution in [0, 0.1) is 11.8 Å². The Morgan fingerprint density at radius 3 is 2.71 bits per heavy atom. The number of hydrogen-bond acceptors (Lipinski definition) is 3. The van der Waals surface area contributed by atoms with Crippen molar-refractivity contribution in [2.45, 2.75) is 32.8 Å². The van der Waals surface area contributed by atoms with Gasteiger partial charge in [0, 0.05) is 19.6 Å². The molecule has 1 heterocycles. The largest absolute Gasteiger partial charge is 0.392 e. The molecular formula is C11H24N2O. The quantitative estimate of drug-likeness (QED) is 0.701. The predicted molar refractivity (Wildman–Crippen MR) is 59.1 cm³/mol. The molecular weight excluding hydrogens is 176 g/mol. The monoisotopic (exact) mass is 200 g/mol. The van der Waals surface area contributed by atoms with Gasteiger partial charge in [0.25, 0.3) is 0 Å².